The van der Waals surface area contributed by atoms with E-state index in [1.165, 1.54) is 0 Å². The van der Waals surface area contributed by atoms with E-state index < -0.39 is 0 Å². The van der Waals surface area contributed by atoms with Crippen LogP contribution in [0.5, 0.6) is 0 Å². The van der Waals surface area contributed by atoms with E-state index in [2.05, 4.69) is 17.1 Å². The fourth-order valence-corrected chi connectivity index (χ4v) is 2.43. The van der Waals surface area contributed by atoms with Gasteiger partial charge in [-0.2, -0.15) is 0 Å². The molecule has 0 aromatic carbocycles. The molecule has 0 radical (unpaired) electrons. The van der Waals surface area contributed by atoms with E-state index in [-0.39, 0.29) is 24.4 Å². The normalized spacial score (nSPS) is 17.2. The number of piperidine rings is 1. The van der Waals surface area contributed by atoms with Gasteiger partial charge in [-0.05, 0) is 52.6 Å². The summed E-state index contributed by atoms with van der Waals surface area (Å²) in [7, 11) is 0. The molecule has 0 aromatic heterocycles. The van der Waals surface area contributed by atoms with Gasteiger partial charge < -0.3 is 10.2 Å². The number of carbonyl (C=O) groups is 2. The van der Waals surface area contributed by atoms with Gasteiger partial charge in [0.1, 0.15) is 0 Å². The topological polar surface area (TPSA) is 52.7 Å². The van der Waals surface area contributed by atoms with E-state index in [0.717, 1.165) is 31.8 Å². The highest BCUT2D eigenvalue weighted by Crippen LogP contribution is 2.15. The van der Waals surface area contributed by atoms with E-state index in [9.17, 15) is 9.59 Å². The maximum atomic E-state index is 12.2. The number of amides is 2. The third-order valence-electron chi connectivity index (χ3n) is 3.75. The SMILES string of the molecule is CCN(CC(=O)NC(C)C)C(=O)CN1CCC(C)CC1. The molecule has 0 spiro atoms. The van der Waals surface area contributed by atoms with Gasteiger partial charge in [0.25, 0.3) is 0 Å². The maximum absolute atomic E-state index is 12.2. The van der Waals surface area contributed by atoms with E-state index in [0.29, 0.717) is 13.1 Å². The predicted octanol–water partition coefficient (Wildman–Crippen LogP) is 1.09. The summed E-state index contributed by atoms with van der Waals surface area (Å²) in [5.41, 5.74) is 0. The molecule has 1 fully saturated rings. The molecular weight excluding hydrogens is 254 g/mol. The van der Waals surface area contributed by atoms with Gasteiger partial charge in [0.05, 0.1) is 13.1 Å². The number of hydrogen-bond donors (Lipinski definition) is 1. The zero-order valence-electron chi connectivity index (χ0n) is 13.3. The first-order valence-electron chi connectivity index (χ1n) is 7.71. The summed E-state index contributed by atoms with van der Waals surface area (Å²) in [5, 5.41) is 2.83. The number of carbonyl (C=O) groups excluding carboxylic acids is 2. The third kappa shape index (κ3) is 5.90. The zero-order valence-corrected chi connectivity index (χ0v) is 13.3. The number of rotatable bonds is 6. The Bertz CT molecular complexity index is 323. The van der Waals surface area contributed by atoms with Crippen molar-refractivity contribution in [3.05, 3.63) is 0 Å². The van der Waals surface area contributed by atoms with Crippen LogP contribution in [-0.4, -0.2) is 60.4 Å². The van der Waals surface area contributed by atoms with E-state index in [1.807, 2.05) is 20.8 Å². The lowest BCUT2D eigenvalue weighted by Gasteiger charge is -2.31. The standard InChI is InChI=1S/C15H29N3O2/c1-5-18(10-14(19)16-12(2)3)15(20)11-17-8-6-13(4)7-9-17/h12-13H,5-11H2,1-4H3,(H,16,19). The largest absolute Gasteiger partial charge is 0.352 e. The van der Waals surface area contributed by atoms with Gasteiger partial charge in [0, 0.05) is 12.6 Å². The second-order valence-corrected chi connectivity index (χ2v) is 6.09. The molecule has 116 valence electrons. The lowest BCUT2D eigenvalue weighted by atomic mass is 9.99. The fraction of sp³-hybridized carbons (Fsp3) is 0.867. The molecule has 1 heterocycles. The lowest BCUT2D eigenvalue weighted by Crippen LogP contribution is -2.47. The molecule has 2 amide bonds. The van der Waals surface area contributed by atoms with Crippen LogP contribution in [-0.2, 0) is 9.59 Å². The molecule has 0 unspecified atom stereocenters. The van der Waals surface area contributed by atoms with E-state index in [1.54, 1.807) is 4.90 Å². The molecule has 0 aromatic rings. The van der Waals surface area contributed by atoms with Crippen molar-refractivity contribution in [2.24, 2.45) is 5.92 Å². The molecule has 0 aliphatic carbocycles. The minimum Gasteiger partial charge on any atom is -0.352 e. The molecule has 0 saturated carbocycles. The van der Waals surface area contributed by atoms with Crippen molar-refractivity contribution in [1.29, 1.82) is 0 Å². The first-order chi connectivity index (χ1) is 9.42. The lowest BCUT2D eigenvalue weighted by molar-refractivity contribution is -0.137. The van der Waals surface area contributed by atoms with Crippen LogP contribution in [0.1, 0.15) is 40.5 Å². The third-order valence-corrected chi connectivity index (χ3v) is 3.75. The second-order valence-electron chi connectivity index (χ2n) is 6.09. The number of likely N-dealkylation sites (tertiary alicyclic amines) is 1. The van der Waals surface area contributed by atoms with Gasteiger partial charge in [-0.3, -0.25) is 14.5 Å². The van der Waals surface area contributed by atoms with E-state index >= 15 is 0 Å². The predicted molar refractivity (Wildman–Crippen MR) is 80.4 cm³/mol. The summed E-state index contributed by atoms with van der Waals surface area (Å²) in [6.45, 7) is 11.2. The van der Waals surface area contributed by atoms with Crippen molar-refractivity contribution in [2.45, 2.75) is 46.6 Å². The summed E-state index contributed by atoms with van der Waals surface area (Å²) in [4.78, 5) is 27.8. The molecule has 0 atom stereocenters. The van der Waals surface area contributed by atoms with Gasteiger partial charge in [0.2, 0.25) is 11.8 Å². The Hall–Kier alpha value is -1.10. The Morgan fingerprint density at radius 1 is 1.30 bits per heavy atom. The van der Waals surface area contributed by atoms with Gasteiger partial charge in [-0.25, -0.2) is 0 Å². The van der Waals surface area contributed by atoms with E-state index in [4.69, 9.17) is 0 Å². The van der Waals surface area contributed by atoms with Gasteiger partial charge in [0.15, 0.2) is 0 Å². The summed E-state index contributed by atoms with van der Waals surface area (Å²) in [5.74, 6) is 0.740. The maximum Gasteiger partial charge on any atom is 0.239 e. The molecule has 1 N–H and O–H groups in total. The smallest absolute Gasteiger partial charge is 0.239 e. The van der Waals surface area contributed by atoms with Crippen LogP contribution in [0.3, 0.4) is 0 Å². The molecule has 0 bridgehead atoms. The average Bonchev–Trinajstić information content (AvgIpc) is 2.37. The van der Waals surface area contributed by atoms with Crippen molar-refractivity contribution in [3.8, 4) is 0 Å². The highest BCUT2D eigenvalue weighted by molar-refractivity contribution is 5.85. The number of likely N-dealkylation sites (N-methyl/N-ethyl adjacent to an activating group) is 1. The van der Waals surface area contributed by atoms with Crippen LogP contribution >= 0.6 is 0 Å². The monoisotopic (exact) mass is 283 g/mol. The molecule has 20 heavy (non-hydrogen) atoms. The van der Waals surface area contributed by atoms with Crippen molar-refractivity contribution >= 4 is 11.8 Å². The average molecular weight is 283 g/mol. The quantitative estimate of drug-likeness (QED) is 0.794. The molecular formula is C15H29N3O2. The second kappa shape index (κ2) is 8.25. The number of nitrogens with one attached hydrogen (secondary N) is 1. The Morgan fingerprint density at radius 3 is 2.40 bits per heavy atom. The van der Waals surface area contributed by atoms with Crippen molar-refractivity contribution in [3.63, 3.8) is 0 Å². The van der Waals surface area contributed by atoms with Crippen LogP contribution in [0.2, 0.25) is 0 Å². The number of nitrogens with zero attached hydrogens (tertiary/aromatic N) is 2. The Labute approximate surface area is 122 Å². The van der Waals surface area contributed by atoms with Crippen molar-refractivity contribution in [2.75, 3.05) is 32.7 Å². The Morgan fingerprint density at radius 2 is 1.90 bits per heavy atom. The van der Waals surface area contributed by atoms with Crippen LogP contribution < -0.4 is 5.32 Å². The van der Waals surface area contributed by atoms with Crippen molar-refractivity contribution < 1.29 is 9.59 Å². The molecule has 1 aliphatic heterocycles. The fourth-order valence-electron chi connectivity index (χ4n) is 2.43. The summed E-state index contributed by atoms with van der Waals surface area (Å²) < 4.78 is 0. The summed E-state index contributed by atoms with van der Waals surface area (Å²) in [6, 6.07) is 0.111. The molecule has 1 saturated heterocycles. The van der Waals surface area contributed by atoms with Gasteiger partial charge in [-0.1, -0.05) is 6.92 Å². The number of hydrogen-bond acceptors (Lipinski definition) is 3. The van der Waals surface area contributed by atoms with Crippen molar-refractivity contribution in [1.82, 2.24) is 15.1 Å². The Kier molecular flexibility index (Phi) is 6.99. The summed E-state index contributed by atoms with van der Waals surface area (Å²) >= 11 is 0. The molecule has 5 nitrogen and oxygen atoms in total. The Balaban J connectivity index is 2.40. The van der Waals surface area contributed by atoms with Crippen LogP contribution in [0.25, 0.3) is 0 Å². The first-order valence-corrected chi connectivity index (χ1v) is 7.71. The minimum atomic E-state index is -0.0810. The molecule has 5 heteroatoms. The molecule has 1 aliphatic rings. The van der Waals surface area contributed by atoms with Crippen LogP contribution in [0.15, 0.2) is 0 Å². The van der Waals surface area contributed by atoms with Gasteiger partial charge in [-0.15, -0.1) is 0 Å². The zero-order chi connectivity index (χ0) is 15.1. The highest BCUT2D eigenvalue weighted by atomic mass is 16.2. The molecule has 1 rings (SSSR count). The van der Waals surface area contributed by atoms with Gasteiger partial charge >= 0.3 is 0 Å². The highest BCUT2D eigenvalue weighted by Gasteiger charge is 2.21. The summed E-state index contributed by atoms with van der Waals surface area (Å²) in [6.07, 6.45) is 2.32. The van der Waals surface area contributed by atoms with Crippen LogP contribution in [0, 0.1) is 5.92 Å². The van der Waals surface area contributed by atoms with Crippen LogP contribution in [0.4, 0.5) is 0 Å². The minimum absolute atomic E-state index is 0.0564. The first kappa shape index (κ1) is 17.0.